The number of ether oxygens (including phenoxy) is 1. The van der Waals surface area contributed by atoms with Gasteiger partial charge < -0.3 is 10.1 Å². The summed E-state index contributed by atoms with van der Waals surface area (Å²) in [6.45, 7) is 2.60. The number of amides is 1. The third kappa shape index (κ3) is 0.770. The summed E-state index contributed by atoms with van der Waals surface area (Å²) in [6, 6.07) is 0. The molecule has 3 heteroatoms. The van der Waals surface area contributed by atoms with Crippen LogP contribution in [0.1, 0.15) is 19.8 Å². The van der Waals surface area contributed by atoms with Gasteiger partial charge in [-0.2, -0.15) is 0 Å². The van der Waals surface area contributed by atoms with Crippen molar-refractivity contribution in [2.24, 2.45) is 5.92 Å². The average molecular weight is 141 g/mol. The predicted molar refractivity (Wildman–Crippen MR) is 35.6 cm³/mol. The predicted octanol–water partition coefficient (Wildman–Crippen LogP) is 0.895. The van der Waals surface area contributed by atoms with E-state index in [0.717, 1.165) is 0 Å². The summed E-state index contributed by atoms with van der Waals surface area (Å²) in [5.41, 5.74) is -0.0446. The Morgan fingerprint density at radius 1 is 1.70 bits per heavy atom. The molecule has 0 aromatic carbocycles. The van der Waals surface area contributed by atoms with E-state index in [4.69, 9.17) is 4.74 Å². The third-order valence-corrected chi connectivity index (χ3v) is 2.37. The lowest BCUT2D eigenvalue weighted by Crippen LogP contribution is -2.42. The van der Waals surface area contributed by atoms with Gasteiger partial charge in [0.05, 0.1) is 5.54 Å². The molecule has 0 bridgehead atoms. The summed E-state index contributed by atoms with van der Waals surface area (Å²) in [6.07, 6.45) is 2.22. The molecule has 1 aliphatic carbocycles. The van der Waals surface area contributed by atoms with Gasteiger partial charge in [0, 0.05) is 0 Å². The highest BCUT2D eigenvalue weighted by Gasteiger charge is 2.47. The summed E-state index contributed by atoms with van der Waals surface area (Å²) >= 11 is 0. The molecule has 1 N–H and O–H groups in total. The van der Waals surface area contributed by atoms with Crippen molar-refractivity contribution >= 4 is 6.09 Å². The second-order valence-corrected chi connectivity index (χ2v) is 3.39. The van der Waals surface area contributed by atoms with E-state index < -0.39 is 0 Å². The zero-order valence-corrected chi connectivity index (χ0v) is 6.02. The van der Waals surface area contributed by atoms with Crippen LogP contribution < -0.4 is 5.32 Å². The van der Waals surface area contributed by atoms with Crippen molar-refractivity contribution in [1.29, 1.82) is 0 Å². The highest BCUT2D eigenvalue weighted by Crippen LogP contribution is 2.41. The maximum atomic E-state index is 10.7. The van der Waals surface area contributed by atoms with Crippen LogP contribution in [-0.4, -0.2) is 18.2 Å². The van der Waals surface area contributed by atoms with Crippen molar-refractivity contribution in [2.75, 3.05) is 6.61 Å². The Hall–Kier alpha value is -0.730. The van der Waals surface area contributed by atoms with Crippen molar-refractivity contribution in [1.82, 2.24) is 5.32 Å². The summed E-state index contributed by atoms with van der Waals surface area (Å²) in [7, 11) is 0. The number of nitrogens with one attached hydrogen (secondary N) is 1. The van der Waals surface area contributed by atoms with E-state index in [2.05, 4.69) is 12.2 Å². The molecule has 0 aromatic heterocycles. The van der Waals surface area contributed by atoms with E-state index in [1.54, 1.807) is 0 Å². The molecule has 56 valence electrons. The number of alkyl carbamates (subject to hydrolysis) is 1. The second kappa shape index (κ2) is 1.65. The molecule has 0 aromatic rings. The molecule has 0 unspecified atom stereocenters. The van der Waals surface area contributed by atoms with Crippen LogP contribution in [0.4, 0.5) is 4.79 Å². The average Bonchev–Trinajstić information content (AvgIpc) is 2.62. The van der Waals surface area contributed by atoms with Gasteiger partial charge in [-0.1, -0.05) is 0 Å². The molecule has 1 saturated heterocycles. The van der Waals surface area contributed by atoms with Crippen LogP contribution in [-0.2, 0) is 4.74 Å². The van der Waals surface area contributed by atoms with E-state index in [9.17, 15) is 4.79 Å². The fourth-order valence-corrected chi connectivity index (χ4v) is 1.46. The molecular weight excluding hydrogens is 130 g/mol. The summed E-state index contributed by atoms with van der Waals surface area (Å²) < 4.78 is 4.82. The van der Waals surface area contributed by atoms with Gasteiger partial charge in [0.15, 0.2) is 0 Å². The Morgan fingerprint density at radius 3 is 2.80 bits per heavy atom. The summed E-state index contributed by atoms with van der Waals surface area (Å²) in [5.74, 6) is 0.666. The summed E-state index contributed by atoms with van der Waals surface area (Å²) in [5, 5.41) is 2.83. The topological polar surface area (TPSA) is 38.3 Å². The van der Waals surface area contributed by atoms with Crippen molar-refractivity contribution in [2.45, 2.75) is 25.3 Å². The normalized spacial score (nSPS) is 39.1. The summed E-state index contributed by atoms with van der Waals surface area (Å²) in [4.78, 5) is 10.7. The van der Waals surface area contributed by atoms with Gasteiger partial charge in [-0.15, -0.1) is 0 Å². The van der Waals surface area contributed by atoms with Gasteiger partial charge in [0.1, 0.15) is 6.61 Å². The highest BCUT2D eigenvalue weighted by molar-refractivity contribution is 5.70. The smallest absolute Gasteiger partial charge is 0.407 e. The first-order valence-electron chi connectivity index (χ1n) is 3.66. The number of hydrogen-bond donors (Lipinski definition) is 1. The third-order valence-electron chi connectivity index (χ3n) is 2.37. The molecule has 0 spiro atoms. The van der Waals surface area contributed by atoms with E-state index in [0.29, 0.717) is 12.5 Å². The Kier molecular flexibility index (Phi) is 0.993. The van der Waals surface area contributed by atoms with E-state index >= 15 is 0 Å². The SMILES string of the molecule is C[C@]1(C2CC2)COC(=O)N1. The quantitative estimate of drug-likeness (QED) is 0.589. The van der Waals surface area contributed by atoms with Crippen molar-refractivity contribution in [3.8, 4) is 0 Å². The minimum absolute atomic E-state index is 0.0446. The van der Waals surface area contributed by atoms with Crippen molar-refractivity contribution in [3.63, 3.8) is 0 Å². The fourth-order valence-electron chi connectivity index (χ4n) is 1.46. The minimum atomic E-state index is -0.255. The van der Waals surface area contributed by atoms with Crippen LogP contribution in [0.2, 0.25) is 0 Å². The maximum Gasteiger partial charge on any atom is 0.407 e. The maximum absolute atomic E-state index is 10.7. The number of cyclic esters (lactones) is 1. The Balaban J connectivity index is 2.08. The molecule has 0 radical (unpaired) electrons. The molecule has 10 heavy (non-hydrogen) atoms. The number of carbonyl (C=O) groups is 1. The van der Waals surface area contributed by atoms with Crippen LogP contribution in [0, 0.1) is 5.92 Å². The standard InChI is InChI=1S/C7H11NO2/c1-7(5-2-3-5)4-10-6(9)8-7/h5H,2-4H2,1H3,(H,8,9)/t7-/m1/s1. The second-order valence-electron chi connectivity index (χ2n) is 3.39. The van der Waals surface area contributed by atoms with Gasteiger partial charge in [-0.3, -0.25) is 0 Å². The van der Waals surface area contributed by atoms with Crippen LogP contribution in [0.15, 0.2) is 0 Å². The molecule has 2 fully saturated rings. The molecule has 3 nitrogen and oxygen atoms in total. The van der Waals surface area contributed by atoms with E-state index in [-0.39, 0.29) is 11.6 Å². The molecule has 1 heterocycles. The zero-order chi connectivity index (χ0) is 7.19. The number of hydrogen-bond acceptors (Lipinski definition) is 2. The minimum Gasteiger partial charge on any atom is -0.447 e. The molecule has 1 saturated carbocycles. The van der Waals surface area contributed by atoms with Crippen molar-refractivity contribution in [3.05, 3.63) is 0 Å². The van der Waals surface area contributed by atoms with E-state index in [1.807, 2.05) is 0 Å². The zero-order valence-electron chi connectivity index (χ0n) is 6.02. The first-order valence-corrected chi connectivity index (χ1v) is 3.66. The number of rotatable bonds is 1. The van der Waals surface area contributed by atoms with Crippen LogP contribution in [0.25, 0.3) is 0 Å². The Labute approximate surface area is 59.7 Å². The van der Waals surface area contributed by atoms with Gasteiger partial charge in [0.2, 0.25) is 0 Å². The monoisotopic (exact) mass is 141 g/mol. The molecule has 1 amide bonds. The Morgan fingerprint density at radius 2 is 2.40 bits per heavy atom. The van der Waals surface area contributed by atoms with Crippen LogP contribution in [0.5, 0.6) is 0 Å². The van der Waals surface area contributed by atoms with E-state index in [1.165, 1.54) is 12.8 Å². The van der Waals surface area contributed by atoms with Gasteiger partial charge in [0.25, 0.3) is 0 Å². The lowest BCUT2D eigenvalue weighted by molar-refractivity contribution is 0.171. The highest BCUT2D eigenvalue weighted by atomic mass is 16.6. The first-order chi connectivity index (χ1) is 4.71. The fraction of sp³-hybridized carbons (Fsp3) is 0.857. The van der Waals surface area contributed by atoms with Gasteiger partial charge >= 0.3 is 6.09 Å². The first kappa shape index (κ1) is 6.01. The van der Waals surface area contributed by atoms with Crippen molar-refractivity contribution < 1.29 is 9.53 Å². The molecule has 1 aliphatic heterocycles. The van der Waals surface area contributed by atoms with Gasteiger partial charge in [-0.25, -0.2) is 4.79 Å². The molecule has 2 aliphatic rings. The van der Waals surface area contributed by atoms with Crippen LogP contribution in [0.3, 0.4) is 0 Å². The molecular formula is C7H11NO2. The molecule has 2 rings (SSSR count). The number of carbonyl (C=O) groups excluding carboxylic acids is 1. The lowest BCUT2D eigenvalue weighted by atomic mass is 9.98. The van der Waals surface area contributed by atoms with Crippen LogP contribution >= 0.6 is 0 Å². The molecule has 1 atom stereocenters. The Bertz CT molecular complexity index is 176. The largest absolute Gasteiger partial charge is 0.447 e. The van der Waals surface area contributed by atoms with Gasteiger partial charge in [-0.05, 0) is 25.7 Å². The lowest BCUT2D eigenvalue weighted by Gasteiger charge is -2.19.